The summed E-state index contributed by atoms with van der Waals surface area (Å²) in [5, 5.41) is 6.15. The summed E-state index contributed by atoms with van der Waals surface area (Å²) in [6, 6.07) is 18.6. The molecule has 58 heavy (non-hydrogen) atoms. The van der Waals surface area contributed by atoms with E-state index in [9.17, 15) is 28.8 Å². The van der Waals surface area contributed by atoms with Crippen LogP contribution in [-0.4, -0.2) is 79.2 Å². The summed E-state index contributed by atoms with van der Waals surface area (Å²) in [6.07, 6.45) is 11.3. The molecule has 10 aliphatic rings. The van der Waals surface area contributed by atoms with Gasteiger partial charge in [-0.1, -0.05) is 85.0 Å². The molecule has 2 saturated carbocycles. The first-order valence-corrected chi connectivity index (χ1v) is 20.6. The smallest absolute Gasteiger partial charge is 0.248 e. The zero-order chi connectivity index (χ0) is 41.4. The molecule has 10 nitrogen and oxygen atoms in total. The fourth-order valence-corrected chi connectivity index (χ4v) is 12.5. The Hall–Kier alpha value is -5.38. The Morgan fingerprint density at radius 1 is 0.552 bits per heavy atom. The van der Waals surface area contributed by atoms with Crippen molar-refractivity contribution in [2.45, 2.75) is 101 Å². The first kappa shape index (κ1) is 38.2. The van der Waals surface area contributed by atoms with Gasteiger partial charge in [0.25, 0.3) is 0 Å². The lowest BCUT2D eigenvalue weighted by Gasteiger charge is -2.48. The number of nitrogens with zero attached hydrogens (tertiary/aromatic N) is 2. The number of amides is 4. The second-order valence-electron chi connectivity index (χ2n) is 19.6. The van der Waals surface area contributed by atoms with Crippen LogP contribution in [0.25, 0.3) is 0 Å². The Morgan fingerprint density at radius 3 is 1.22 bits per heavy atom. The van der Waals surface area contributed by atoms with Gasteiger partial charge in [-0.15, -0.1) is 0 Å². The topological polar surface area (TPSA) is 133 Å². The highest BCUT2D eigenvalue weighted by atomic mass is 16.2. The number of benzene rings is 2. The van der Waals surface area contributed by atoms with E-state index >= 15 is 0 Å². The Kier molecular flexibility index (Phi) is 8.26. The summed E-state index contributed by atoms with van der Waals surface area (Å²) in [4.78, 5) is 83.9. The number of hydrogen-bond donors (Lipinski definition) is 2. The molecular formula is C48H52N4O6. The van der Waals surface area contributed by atoms with E-state index in [4.69, 9.17) is 0 Å². The number of Topliss-reactive ketones (excluding diaryl/α,β-unsaturated/α-hetero) is 2. The maximum absolute atomic E-state index is 13.8. The van der Waals surface area contributed by atoms with Crippen LogP contribution in [0, 0.1) is 35.5 Å². The summed E-state index contributed by atoms with van der Waals surface area (Å²) < 4.78 is 0. The molecule has 8 bridgehead atoms. The normalized spacial score (nSPS) is 37.0. The van der Waals surface area contributed by atoms with E-state index in [1.54, 1.807) is 22.0 Å². The van der Waals surface area contributed by atoms with Crippen molar-refractivity contribution in [2.24, 2.45) is 35.5 Å². The van der Waals surface area contributed by atoms with Gasteiger partial charge in [0.1, 0.15) is 23.2 Å². The van der Waals surface area contributed by atoms with Crippen LogP contribution in [0.15, 0.2) is 108 Å². The summed E-state index contributed by atoms with van der Waals surface area (Å²) in [5.41, 5.74) is 0.829. The van der Waals surface area contributed by atoms with Crippen LogP contribution in [0.1, 0.15) is 78.4 Å². The second-order valence-corrected chi connectivity index (χ2v) is 19.6. The third kappa shape index (κ3) is 4.95. The molecule has 0 radical (unpaired) electrons. The fraction of sp³-hybridized carbons (Fsp3) is 0.458. The Labute approximate surface area is 339 Å². The first-order valence-electron chi connectivity index (χ1n) is 20.6. The minimum atomic E-state index is -0.994. The van der Waals surface area contributed by atoms with Gasteiger partial charge in [0.2, 0.25) is 23.6 Å². The third-order valence-electron chi connectivity index (χ3n) is 14.1. The molecule has 2 aromatic rings. The molecule has 300 valence electrons. The summed E-state index contributed by atoms with van der Waals surface area (Å²) in [5.74, 6) is -2.13. The molecule has 4 amide bonds. The maximum Gasteiger partial charge on any atom is 0.248 e. The average molecular weight is 781 g/mol. The van der Waals surface area contributed by atoms with E-state index in [1.807, 2.05) is 128 Å². The van der Waals surface area contributed by atoms with Gasteiger partial charge in [-0.3, -0.25) is 28.8 Å². The average Bonchev–Trinajstić information content (AvgIpc) is 3.79. The number of ketones is 2. The highest BCUT2D eigenvalue weighted by molar-refractivity contribution is 6.12. The van der Waals surface area contributed by atoms with Gasteiger partial charge < -0.3 is 20.4 Å². The first-order chi connectivity index (χ1) is 27.4. The Morgan fingerprint density at radius 2 is 0.897 bits per heavy atom. The number of rotatable bonds is 4. The number of nitrogens with one attached hydrogen (secondary N) is 2. The minimum absolute atomic E-state index is 0.0563. The van der Waals surface area contributed by atoms with Gasteiger partial charge in [-0.2, -0.15) is 0 Å². The quantitative estimate of drug-likeness (QED) is 0.411. The van der Waals surface area contributed by atoms with Crippen molar-refractivity contribution in [3.63, 3.8) is 0 Å². The predicted octanol–water partition coefficient (Wildman–Crippen LogP) is 5.19. The van der Waals surface area contributed by atoms with Crippen LogP contribution in [0.4, 0.5) is 0 Å². The van der Waals surface area contributed by atoms with Crippen LogP contribution in [0.2, 0.25) is 0 Å². The monoisotopic (exact) mass is 780 g/mol. The molecule has 2 aromatic carbocycles. The largest absolute Gasteiger partial charge is 0.350 e. The second kappa shape index (κ2) is 12.6. The summed E-state index contributed by atoms with van der Waals surface area (Å²) in [7, 11) is 0. The zero-order valence-electron chi connectivity index (χ0n) is 34.4. The lowest BCUT2D eigenvalue weighted by Crippen LogP contribution is -2.61. The lowest BCUT2D eigenvalue weighted by molar-refractivity contribution is -0.144. The molecule has 0 unspecified atom stereocenters. The van der Waals surface area contributed by atoms with E-state index in [1.165, 1.54) is 0 Å². The van der Waals surface area contributed by atoms with Crippen molar-refractivity contribution in [3.8, 4) is 0 Å². The highest BCUT2D eigenvalue weighted by Gasteiger charge is 2.76. The van der Waals surface area contributed by atoms with Gasteiger partial charge in [0.15, 0.2) is 11.6 Å². The third-order valence-corrected chi connectivity index (χ3v) is 14.1. The Balaban J connectivity index is 0.000000150. The molecule has 12 rings (SSSR count). The SMILES string of the molecule is CC1=CC(=O)N2[C@H](C(=O)NC(C)(C)C)[C@@H]3[C@@H](c4ccccc4)[C@H]4C=C[C@@H]3[C@@]12C4=O.CC1=CC(=O)N2[C@H](C(=O)NC(C)(C)C)[C@@H]3[C@@H](c4ccccc4)[C@H]4C=C[C@@H]3[C@@]12C4=O. The van der Waals surface area contributed by atoms with Gasteiger partial charge in [-0.05, 0) is 77.7 Å². The minimum Gasteiger partial charge on any atom is -0.350 e. The van der Waals surface area contributed by atoms with Gasteiger partial charge in [-0.25, -0.2) is 0 Å². The zero-order valence-corrected chi connectivity index (χ0v) is 34.4. The lowest BCUT2D eigenvalue weighted by atomic mass is 9.53. The van der Waals surface area contributed by atoms with Crippen molar-refractivity contribution in [3.05, 3.63) is 119 Å². The molecule has 6 aliphatic carbocycles. The molecule has 12 atom stereocenters. The van der Waals surface area contributed by atoms with Gasteiger partial charge >= 0.3 is 0 Å². The van der Waals surface area contributed by atoms with E-state index < -0.39 is 34.2 Å². The van der Waals surface area contributed by atoms with Crippen molar-refractivity contribution in [1.82, 2.24) is 20.4 Å². The number of allylic oxidation sites excluding steroid dienone is 2. The van der Waals surface area contributed by atoms with Gasteiger partial charge in [0.05, 0.1) is 0 Å². The van der Waals surface area contributed by atoms with E-state index in [-0.39, 0.29) is 82.5 Å². The van der Waals surface area contributed by atoms with Crippen molar-refractivity contribution >= 4 is 35.2 Å². The maximum atomic E-state index is 13.8. The number of hydrogen-bond acceptors (Lipinski definition) is 6. The van der Waals surface area contributed by atoms with Crippen molar-refractivity contribution in [1.29, 1.82) is 0 Å². The molecule has 4 heterocycles. The number of carbonyl (C=O) groups is 6. The summed E-state index contributed by atoms with van der Waals surface area (Å²) >= 11 is 0. The number of carbonyl (C=O) groups excluding carboxylic acids is 6. The molecule has 4 fully saturated rings. The van der Waals surface area contributed by atoms with Crippen LogP contribution in [-0.2, 0) is 28.8 Å². The molecular weight excluding hydrogens is 729 g/mol. The van der Waals surface area contributed by atoms with Crippen LogP contribution in [0.3, 0.4) is 0 Å². The fourth-order valence-electron chi connectivity index (χ4n) is 12.5. The van der Waals surface area contributed by atoms with Crippen molar-refractivity contribution in [2.75, 3.05) is 0 Å². The highest BCUT2D eigenvalue weighted by Crippen LogP contribution is 2.66. The Bertz CT molecular complexity index is 2140. The predicted molar refractivity (Wildman–Crippen MR) is 218 cm³/mol. The summed E-state index contributed by atoms with van der Waals surface area (Å²) in [6.45, 7) is 15.3. The molecule has 2 saturated heterocycles. The molecule has 2 N–H and O–H groups in total. The molecule has 2 spiro atoms. The van der Waals surface area contributed by atoms with Gasteiger partial charge in [0, 0.05) is 70.6 Å². The molecule has 10 heteroatoms. The van der Waals surface area contributed by atoms with E-state index in [0.717, 1.165) is 22.3 Å². The van der Waals surface area contributed by atoms with E-state index in [0.29, 0.717) is 0 Å². The van der Waals surface area contributed by atoms with Crippen LogP contribution in [0.5, 0.6) is 0 Å². The van der Waals surface area contributed by atoms with Crippen molar-refractivity contribution < 1.29 is 28.8 Å². The van der Waals surface area contributed by atoms with Crippen LogP contribution < -0.4 is 10.6 Å². The molecule has 4 aliphatic heterocycles. The van der Waals surface area contributed by atoms with E-state index in [2.05, 4.69) is 22.8 Å². The van der Waals surface area contributed by atoms with Crippen LogP contribution >= 0.6 is 0 Å². The molecule has 0 aromatic heterocycles. The standard InChI is InChI=1S/2C24H26N2O3/c2*1-13-12-17(27)26-20(22(29)25-23(2,3)4)19-16-11-10-15(21(28)24(13,16)26)18(19)14-8-6-5-7-9-14/h2*5-12,15-16,18-20H,1-4H3,(H,25,29)/t2*15-,16+,18+,19+,20+,24-/m11/s1.